The molecule has 0 spiro atoms. The fourth-order valence-electron chi connectivity index (χ4n) is 2.45. The Hall–Kier alpha value is -2.57. The van der Waals surface area contributed by atoms with Crippen molar-refractivity contribution in [3.05, 3.63) is 65.2 Å². The summed E-state index contributed by atoms with van der Waals surface area (Å²) < 4.78 is 5.69. The molecule has 138 valence electrons. The fraction of sp³-hybridized carbons (Fsp3) is 0.263. The molecule has 0 saturated carbocycles. The van der Waals surface area contributed by atoms with Crippen LogP contribution in [0.25, 0.3) is 0 Å². The Morgan fingerprint density at radius 3 is 2.38 bits per heavy atom. The van der Waals surface area contributed by atoms with Crippen LogP contribution in [0.15, 0.2) is 54.6 Å². The van der Waals surface area contributed by atoms with E-state index in [0.717, 1.165) is 5.56 Å². The first-order valence-corrected chi connectivity index (χ1v) is 8.55. The minimum atomic E-state index is -0.609. The number of carbonyl (C=O) groups excluding carboxylic acids is 2. The van der Waals surface area contributed by atoms with Crippen molar-refractivity contribution in [2.24, 2.45) is 0 Å². The van der Waals surface area contributed by atoms with Gasteiger partial charge in [-0.2, -0.15) is 0 Å². The maximum Gasteiger partial charge on any atom is 0.321 e. The first kappa shape index (κ1) is 19.8. The van der Waals surface area contributed by atoms with Gasteiger partial charge in [-0.3, -0.25) is 15.0 Å². The highest BCUT2D eigenvalue weighted by Crippen LogP contribution is 2.20. The van der Waals surface area contributed by atoms with Gasteiger partial charge in [0.25, 0.3) is 0 Å². The monoisotopic (exact) mass is 375 g/mol. The molecule has 2 rings (SSSR count). The summed E-state index contributed by atoms with van der Waals surface area (Å²) in [5.41, 5.74) is 0.794. The van der Waals surface area contributed by atoms with E-state index < -0.39 is 18.0 Å². The van der Waals surface area contributed by atoms with E-state index in [4.69, 9.17) is 16.3 Å². The van der Waals surface area contributed by atoms with Gasteiger partial charge >= 0.3 is 6.03 Å². The average Bonchev–Trinajstić information content (AvgIpc) is 2.64. The average molecular weight is 376 g/mol. The maximum atomic E-state index is 12.6. The summed E-state index contributed by atoms with van der Waals surface area (Å²) in [6, 6.07) is 15.2. The fourth-order valence-corrected chi connectivity index (χ4v) is 2.58. The number of carbonyl (C=O) groups is 2. The lowest BCUT2D eigenvalue weighted by molar-refractivity contribution is -0.125. The molecule has 0 aromatic heterocycles. The molecule has 6 nitrogen and oxygen atoms in total. The predicted octanol–water partition coefficient (Wildman–Crippen LogP) is 2.85. The summed E-state index contributed by atoms with van der Waals surface area (Å²) in [5, 5.41) is 5.37. The van der Waals surface area contributed by atoms with Gasteiger partial charge in [0.1, 0.15) is 18.4 Å². The van der Waals surface area contributed by atoms with Crippen molar-refractivity contribution < 1.29 is 14.3 Å². The number of hydrogen-bond donors (Lipinski definition) is 2. The van der Waals surface area contributed by atoms with Gasteiger partial charge in [0, 0.05) is 18.6 Å². The summed E-state index contributed by atoms with van der Waals surface area (Å²) in [6.07, 6.45) is 0. The van der Waals surface area contributed by atoms with Crippen LogP contribution in [-0.4, -0.2) is 44.1 Å². The quantitative estimate of drug-likeness (QED) is 0.780. The number of benzene rings is 2. The molecule has 3 amide bonds. The van der Waals surface area contributed by atoms with Crippen molar-refractivity contribution >= 4 is 23.5 Å². The highest BCUT2D eigenvalue weighted by molar-refractivity contribution is 6.30. The van der Waals surface area contributed by atoms with Crippen molar-refractivity contribution in [1.29, 1.82) is 0 Å². The maximum absolute atomic E-state index is 12.6. The summed E-state index contributed by atoms with van der Waals surface area (Å²) >= 11 is 5.85. The van der Waals surface area contributed by atoms with Crippen molar-refractivity contribution in [2.45, 2.75) is 6.04 Å². The van der Waals surface area contributed by atoms with Gasteiger partial charge in [0.05, 0.1) is 0 Å². The molecule has 0 saturated heterocycles. The van der Waals surface area contributed by atoms with E-state index in [1.165, 1.54) is 7.05 Å². The van der Waals surface area contributed by atoms with Gasteiger partial charge in [-0.25, -0.2) is 4.79 Å². The molecule has 0 unspecified atom stereocenters. The van der Waals surface area contributed by atoms with Gasteiger partial charge in [-0.1, -0.05) is 41.9 Å². The molecule has 0 aliphatic rings. The molecule has 2 aromatic carbocycles. The number of nitrogens with one attached hydrogen (secondary N) is 2. The zero-order valence-electron chi connectivity index (χ0n) is 14.7. The van der Waals surface area contributed by atoms with E-state index in [1.807, 2.05) is 42.3 Å². The molecule has 26 heavy (non-hydrogen) atoms. The highest BCUT2D eigenvalue weighted by Gasteiger charge is 2.26. The SMILES string of the molecule is CNC(=O)NC(=O)[C@H](c1ccccc1)N(C)CCOc1ccc(Cl)cc1. The van der Waals surface area contributed by atoms with Crippen molar-refractivity contribution in [3.8, 4) is 5.75 Å². The van der Waals surface area contributed by atoms with Crippen LogP contribution in [-0.2, 0) is 4.79 Å². The van der Waals surface area contributed by atoms with E-state index in [0.29, 0.717) is 23.9 Å². The van der Waals surface area contributed by atoms with Crippen LogP contribution in [0.5, 0.6) is 5.75 Å². The third-order valence-corrected chi connectivity index (χ3v) is 4.05. The summed E-state index contributed by atoms with van der Waals surface area (Å²) in [4.78, 5) is 25.9. The van der Waals surface area contributed by atoms with E-state index in [2.05, 4.69) is 10.6 Å². The summed E-state index contributed by atoms with van der Waals surface area (Å²) in [5.74, 6) is 0.304. The second-order valence-electron chi connectivity index (χ2n) is 5.66. The number of ether oxygens (including phenoxy) is 1. The van der Waals surface area contributed by atoms with Crippen LogP contribution in [0.4, 0.5) is 4.79 Å². The van der Waals surface area contributed by atoms with E-state index in [1.54, 1.807) is 24.3 Å². The molecule has 0 fully saturated rings. The molecular weight excluding hydrogens is 354 g/mol. The molecule has 2 aromatic rings. The van der Waals surface area contributed by atoms with Gasteiger partial charge in [-0.15, -0.1) is 0 Å². The number of nitrogens with zero attached hydrogens (tertiary/aromatic N) is 1. The Labute approximate surface area is 158 Å². The molecule has 1 atom stereocenters. The third-order valence-electron chi connectivity index (χ3n) is 3.79. The van der Waals surface area contributed by atoms with Gasteiger partial charge in [0.15, 0.2) is 0 Å². The molecule has 0 radical (unpaired) electrons. The minimum Gasteiger partial charge on any atom is -0.492 e. The Morgan fingerprint density at radius 1 is 1.12 bits per heavy atom. The number of imide groups is 1. The smallest absolute Gasteiger partial charge is 0.321 e. The van der Waals surface area contributed by atoms with Gasteiger partial charge in [0.2, 0.25) is 5.91 Å². The standard InChI is InChI=1S/C19H22ClN3O3/c1-21-19(25)22-18(24)17(14-6-4-3-5-7-14)23(2)12-13-26-16-10-8-15(20)9-11-16/h3-11,17H,12-13H2,1-2H3,(H2,21,22,24,25)/t17-/m0/s1. The lowest BCUT2D eigenvalue weighted by Gasteiger charge is -2.27. The van der Waals surface area contributed by atoms with Crippen molar-refractivity contribution in [2.75, 3.05) is 27.2 Å². The van der Waals surface area contributed by atoms with Crippen LogP contribution in [0, 0.1) is 0 Å². The zero-order chi connectivity index (χ0) is 18.9. The first-order chi connectivity index (χ1) is 12.5. The molecule has 0 aliphatic heterocycles. The van der Waals surface area contributed by atoms with Gasteiger partial charge in [-0.05, 0) is 36.9 Å². The van der Waals surface area contributed by atoms with Gasteiger partial charge < -0.3 is 10.1 Å². The normalized spacial score (nSPS) is 11.7. The Balaban J connectivity index is 2.02. The number of hydrogen-bond acceptors (Lipinski definition) is 4. The predicted molar refractivity (Wildman–Crippen MR) is 101 cm³/mol. The number of rotatable bonds is 7. The molecular formula is C19H22ClN3O3. The molecule has 0 heterocycles. The van der Waals surface area contributed by atoms with E-state index in [-0.39, 0.29) is 0 Å². The lowest BCUT2D eigenvalue weighted by Crippen LogP contribution is -2.45. The summed E-state index contributed by atoms with van der Waals surface area (Å²) in [6.45, 7) is 0.873. The van der Waals surface area contributed by atoms with Crippen LogP contribution in [0.3, 0.4) is 0 Å². The van der Waals surface area contributed by atoms with Crippen LogP contribution in [0.1, 0.15) is 11.6 Å². The minimum absolute atomic E-state index is 0.384. The topological polar surface area (TPSA) is 70.7 Å². The summed E-state index contributed by atoms with van der Waals surface area (Å²) in [7, 11) is 3.27. The van der Waals surface area contributed by atoms with Crippen LogP contribution in [0.2, 0.25) is 5.02 Å². The number of halogens is 1. The Bertz CT molecular complexity index is 723. The highest BCUT2D eigenvalue weighted by atomic mass is 35.5. The molecule has 2 N–H and O–H groups in total. The zero-order valence-corrected chi connectivity index (χ0v) is 15.5. The van der Waals surface area contributed by atoms with Crippen molar-refractivity contribution in [3.63, 3.8) is 0 Å². The molecule has 0 aliphatic carbocycles. The van der Waals surface area contributed by atoms with E-state index in [9.17, 15) is 9.59 Å². The number of amides is 3. The first-order valence-electron chi connectivity index (χ1n) is 8.17. The molecule has 0 bridgehead atoms. The third kappa shape index (κ3) is 5.75. The Kier molecular flexibility index (Phi) is 7.44. The van der Waals surface area contributed by atoms with Crippen LogP contribution >= 0.6 is 11.6 Å². The molecule has 7 heteroatoms. The number of urea groups is 1. The van der Waals surface area contributed by atoms with Crippen LogP contribution < -0.4 is 15.4 Å². The number of likely N-dealkylation sites (N-methyl/N-ethyl adjacent to an activating group) is 1. The van der Waals surface area contributed by atoms with E-state index >= 15 is 0 Å². The second-order valence-corrected chi connectivity index (χ2v) is 6.10. The largest absolute Gasteiger partial charge is 0.492 e. The van der Waals surface area contributed by atoms with Crippen molar-refractivity contribution in [1.82, 2.24) is 15.5 Å². The second kappa shape index (κ2) is 9.79. The Morgan fingerprint density at radius 2 is 1.77 bits per heavy atom. The lowest BCUT2D eigenvalue weighted by atomic mass is 10.0.